The zero-order valence-electron chi connectivity index (χ0n) is 14.7. The van der Waals surface area contributed by atoms with Gasteiger partial charge < -0.3 is 4.98 Å². The summed E-state index contributed by atoms with van der Waals surface area (Å²) < 4.78 is 77.8. The number of hydrogen-bond acceptors (Lipinski definition) is 3. The van der Waals surface area contributed by atoms with Crippen molar-refractivity contribution < 1.29 is 26.0 Å². The van der Waals surface area contributed by atoms with Crippen molar-refractivity contribution >= 4 is 9.84 Å². The van der Waals surface area contributed by atoms with Crippen LogP contribution in [0, 0.1) is 12.7 Å². The first-order valence-corrected chi connectivity index (χ1v) is 9.92. The molecule has 2 heterocycles. The number of rotatable bonds is 5. The monoisotopic (exact) mass is 412 g/mol. The standard InChI is InChI=1S/C19H16F4N2O2S/c1-12-15(19(21,22)23)6-5-13(18(12)20)7-9-28(26,27)14-10-17(25-11-14)16-4-2-3-8-24-16/h2-6,8,10-11,25H,7,9H2,1H3. The minimum absolute atomic E-state index is 0.0113. The Morgan fingerprint density at radius 3 is 2.54 bits per heavy atom. The number of halogens is 4. The first-order valence-electron chi connectivity index (χ1n) is 8.27. The zero-order chi connectivity index (χ0) is 20.5. The fraction of sp³-hybridized carbons (Fsp3) is 0.211. The molecule has 0 atom stereocenters. The molecule has 3 rings (SSSR count). The summed E-state index contributed by atoms with van der Waals surface area (Å²) in [5.41, 5.74) is -0.609. The molecule has 0 bridgehead atoms. The first kappa shape index (κ1) is 20.1. The normalized spacial score (nSPS) is 12.3. The highest BCUT2D eigenvalue weighted by Gasteiger charge is 2.34. The van der Waals surface area contributed by atoms with Crippen LogP contribution in [0.4, 0.5) is 17.6 Å². The molecule has 0 amide bonds. The summed E-state index contributed by atoms with van der Waals surface area (Å²) in [7, 11) is -3.76. The molecule has 9 heteroatoms. The number of benzene rings is 1. The van der Waals surface area contributed by atoms with E-state index in [9.17, 15) is 26.0 Å². The van der Waals surface area contributed by atoms with E-state index < -0.39 is 38.7 Å². The third-order valence-corrected chi connectivity index (χ3v) is 6.06. The van der Waals surface area contributed by atoms with E-state index in [-0.39, 0.29) is 16.9 Å². The molecule has 0 fully saturated rings. The van der Waals surface area contributed by atoms with E-state index in [1.54, 1.807) is 24.4 Å². The first-order chi connectivity index (χ1) is 13.1. The molecule has 1 aromatic carbocycles. The van der Waals surface area contributed by atoms with Crippen molar-refractivity contribution in [2.75, 3.05) is 5.75 Å². The average molecular weight is 412 g/mol. The molecule has 0 unspecified atom stereocenters. The summed E-state index contributed by atoms with van der Waals surface area (Å²) in [5.74, 6) is -1.47. The molecule has 4 nitrogen and oxygen atoms in total. The number of pyridine rings is 1. The summed E-state index contributed by atoms with van der Waals surface area (Å²) in [4.78, 5) is 6.96. The SMILES string of the molecule is Cc1c(C(F)(F)F)ccc(CCS(=O)(=O)c2c[nH]c(-c3ccccn3)c2)c1F. The van der Waals surface area contributed by atoms with Gasteiger partial charge in [-0.15, -0.1) is 0 Å². The van der Waals surface area contributed by atoms with Crippen LogP contribution < -0.4 is 0 Å². The number of nitrogens with zero attached hydrogens (tertiary/aromatic N) is 1. The topological polar surface area (TPSA) is 62.8 Å². The molecule has 0 aliphatic rings. The van der Waals surface area contributed by atoms with Gasteiger partial charge in [-0.05, 0) is 48.7 Å². The molecule has 148 valence electrons. The fourth-order valence-corrected chi connectivity index (χ4v) is 4.09. The Kier molecular flexibility index (Phi) is 5.29. The third-order valence-electron chi connectivity index (χ3n) is 4.37. The van der Waals surface area contributed by atoms with Gasteiger partial charge in [-0.3, -0.25) is 4.98 Å². The van der Waals surface area contributed by atoms with E-state index in [1.807, 2.05) is 0 Å². The summed E-state index contributed by atoms with van der Waals surface area (Å²) >= 11 is 0. The lowest BCUT2D eigenvalue weighted by Crippen LogP contribution is -2.13. The summed E-state index contributed by atoms with van der Waals surface area (Å²) in [6, 6.07) is 8.37. The molecule has 2 aromatic heterocycles. The van der Waals surface area contributed by atoms with Crippen molar-refractivity contribution in [1.82, 2.24) is 9.97 Å². The minimum Gasteiger partial charge on any atom is -0.359 e. The Labute approximate surface area is 159 Å². The molecule has 0 aliphatic carbocycles. The van der Waals surface area contributed by atoms with Crippen molar-refractivity contribution in [2.45, 2.75) is 24.4 Å². The molecule has 0 saturated heterocycles. The van der Waals surface area contributed by atoms with Gasteiger partial charge in [0.2, 0.25) is 0 Å². The smallest absolute Gasteiger partial charge is 0.359 e. The van der Waals surface area contributed by atoms with Gasteiger partial charge in [-0.25, -0.2) is 12.8 Å². The molecule has 0 aliphatic heterocycles. The molecule has 0 saturated carbocycles. The fourth-order valence-electron chi connectivity index (χ4n) is 2.83. The second-order valence-corrected chi connectivity index (χ2v) is 8.35. The highest BCUT2D eigenvalue weighted by atomic mass is 32.2. The van der Waals surface area contributed by atoms with Crippen LogP contribution >= 0.6 is 0 Å². The molecule has 1 N–H and O–H groups in total. The van der Waals surface area contributed by atoms with Gasteiger partial charge in [0.05, 0.1) is 27.6 Å². The zero-order valence-corrected chi connectivity index (χ0v) is 15.5. The predicted molar refractivity (Wildman–Crippen MR) is 95.9 cm³/mol. The highest BCUT2D eigenvalue weighted by Crippen LogP contribution is 2.33. The van der Waals surface area contributed by atoms with Gasteiger partial charge in [0, 0.05) is 12.4 Å². The molecule has 3 aromatic rings. The molecule has 28 heavy (non-hydrogen) atoms. The summed E-state index contributed by atoms with van der Waals surface area (Å²) in [6.07, 6.45) is -2.02. The van der Waals surface area contributed by atoms with Crippen LogP contribution in [-0.4, -0.2) is 24.1 Å². The van der Waals surface area contributed by atoms with E-state index in [2.05, 4.69) is 9.97 Å². The van der Waals surface area contributed by atoms with Crippen molar-refractivity contribution in [3.8, 4) is 11.4 Å². The maximum atomic E-state index is 14.3. The number of H-pyrrole nitrogens is 1. The Balaban J connectivity index is 1.79. The van der Waals surface area contributed by atoms with E-state index in [1.165, 1.54) is 12.3 Å². The summed E-state index contributed by atoms with van der Waals surface area (Å²) in [5, 5.41) is 0. The Morgan fingerprint density at radius 2 is 1.89 bits per heavy atom. The lowest BCUT2D eigenvalue weighted by Gasteiger charge is -2.13. The van der Waals surface area contributed by atoms with E-state index >= 15 is 0 Å². The Morgan fingerprint density at radius 1 is 1.14 bits per heavy atom. The second-order valence-electron chi connectivity index (χ2n) is 6.24. The Hall–Kier alpha value is -2.68. The maximum Gasteiger partial charge on any atom is 0.416 e. The largest absolute Gasteiger partial charge is 0.416 e. The van der Waals surface area contributed by atoms with Crippen LogP contribution in [0.5, 0.6) is 0 Å². The number of hydrogen-bond donors (Lipinski definition) is 1. The number of aromatic amines is 1. The predicted octanol–water partition coefficient (Wildman–Crippen LogP) is 4.56. The van der Waals surface area contributed by atoms with Crippen LogP contribution in [0.25, 0.3) is 11.4 Å². The molecule has 0 radical (unpaired) electrons. The van der Waals surface area contributed by atoms with E-state index in [0.29, 0.717) is 11.4 Å². The van der Waals surface area contributed by atoms with Gasteiger partial charge in [-0.2, -0.15) is 13.2 Å². The molecule has 0 spiro atoms. The lowest BCUT2D eigenvalue weighted by molar-refractivity contribution is -0.138. The van der Waals surface area contributed by atoms with Gasteiger partial charge in [0.25, 0.3) is 0 Å². The highest BCUT2D eigenvalue weighted by molar-refractivity contribution is 7.91. The second kappa shape index (κ2) is 7.38. The lowest BCUT2D eigenvalue weighted by atomic mass is 10.0. The van der Waals surface area contributed by atoms with Crippen LogP contribution in [0.2, 0.25) is 0 Å². The van der Waals surface area contributed by atoms with Crippen LogP contribution in [-0.2, 0) is 22.4 Å². The van der Waals surface area contributed by atoms with Crippen molar-refractivity contribution in [3.05, 3.63) is 71.3 Å². The van der Waals surface area contributed by atoms with Crippen molar-refractivity contribution in [1.29, 1.82) is 0 Å². The number of nitrogens with one attached hydrogen (secondary N) is 1. The van der Waals surface area contributed by atoms with E-state index in [0.717, 1.165) is 19.1 Å². The van der Waals surface area contributed by atoms with E-state index in [4.69, 9.17) is 0 Å². The van der Waals surface area contributed by atoms with Crippen LogP contribution in [0.1, 0.15) is 16.7 Å². The van der Waals surface area contributed by atoms with Crippen molar-refractivity contribution in [2.24, 2.45) is 0 Å². The number of aryl methyl sites for hydroxylation is 1. The van der Waals surface area contributed by atoms with Gasteiger partial charge in [0.1, 0.15) is 5.82 Å². The number of sulfone groups is 1. The minimum atomic E-state index is -4.66. The van der Waals surface area contributed by atoms with Crippen LogP contribution in [0.3, 0.4) is 0 Å². The van der Waals surface area contributed by atoms with Gasteiger partial charge in [-0.1, -0.05) is 12.1 Å². The van der Waals surface area contributed by atoms with Crippen LogP contribution in [0.15, 0.2) is 53.7 Å². The molecular formula is C19H16F4N2O2S. The quantitative estimate of drug-likeness (QED) is 0.625. The van der Waals surface area contributed by atoms with Gasteiger partial charge in [0.15, 0.2) is 9.84 Å². The average Bonchev–Trinajstić information content (AvgIpc) is 3.14. The number of alkyl halides is 3. The van der Waals surface area contributed by atoms with Gasteiger partial charge >= 0.3 is 6.18 Å². The molecular weight excluding hydrogens is 396 g/mol. The third kappa shape index (κ3) is 4.09. The van der Waals surface area contributed by atoms with Crippen molar-refractivity contribution in [3.63, 3.8) is 0 Å². The maximum absolute atomic E-state index is 14.3. The Bertz CT molecular complexity index is 1090. The summed E-state index contributed by atoms with van der Waals surface area (Å²) in [6.45, 7) is 1.03. The number of aromatic nitrogens is 2.